The summed E-state index contributed by atoms with van der Waals surface area (Å²) in [4.78, 5) is 26.1. The molecule has 24 heavy (non-hydrogen) atoms. The van der Waals surface area contributed by atoms with E-state index in [-0.39, 0.29) is 24.5 Å². The van der Waals surface area contributed by atoms with Crippen molar-refractivity contribution < 1.29 is 14.3 Å². The van der Waals surface area contributed by atoms with E-state index >= 15 is 0 Å². The standard InChI is InChI=1S/C19H26N2O3/c1-13-3-6-17(14(2)11-13)24-12-18(22)20-16-7-9-21(10-8-16)19(23)15-4-5-15/h3,6,11,15-16H,4-5,7-10,12H2,1-2H3,(H,20,22). The Morgan fingerprint density at radius 1 is 1.17 bits per heavy atom. The first-order valence-electron chi connectivity index (χ1n) is 8.81. The van der Waals surface area contributed by atoms with Crippen molar-refractivity contribution in [1.29, 1.82) is 0 Å². The Labute approximate surface area is 143 Å². The Morgan fingerprint density at radius 3 is 2.50 bits per heavy atom. The fourth-order valence-electron chi connectivity index (χ4n) is 3.21. The van der Waals surface area contributed by atoms with Crippen LogP contribution in [0.5, 0.6) is 5.75 Å². The van der Waals surface area contributed by atoms with E-state index in [0.29, 0.717) is 5.91 Å². The molecule has 1 aliphatic carbocycles. The number of carbonyl (C=O) groups is 2. The number of carbonyl (C=O) groups excluding carboxylic acids is 2. The number of hydrogen-bond donors (Lipinski definition) is 1. The Morgan fingerprint density at radius 2 is 1.88 bits per heavy atom. The Kier molecular flexibility index (Phi) is 5.07. The van der Waals surface area contributed by atoms with Crippen molar-refractivity contribution >= 4 is 11.8 Å². The molecule has 0 aromatic heterocycles. The summed E-state index contributed by atoms with van der Waals surface area (Å²) in [6.07, 6.45) is 3.75. The smallest absolute Gasteiger partial charge is 0.258 e. The van der Waals surface area contributed by atoms with Gasteiger partial charge in [-0.05, 0) is 51.2 Å². The molecule has 0 unspecified atom stereocenters. The zero-order chi connectivity index (χ0) is 17.1. The quantitative estimate of drug-likeness (QED) is 0.900. The average Bonchev–Trinajstić information content (AvgIpc) is 3.39. The van der Waals surface area contributed by atoms with Gasteiger partial charge >= 0.3 is 0 Å². The minimum atomic E-state index is -0.0954. The molecule has 2 amide bonds. The predicted octanol–water partition coefficient (Wildman–Crippen LogP) is 2.20. The first kappa shape index (κ1) is 16.8. The molecule has 3 rings (SSSR count). The van der Waals surface area contributed by atoms with Gasteiger partial charge in [0.2, 0.25) is 5.91 Å². The van der Waals surface area contributed by atoms with Crippen molar-refractivity contribution in [3.05, 3.63) is 29.3 Å². The molecule has 1 heterocycles. The minimum absolute atomic E-state index is 0.0329. The second-order valence-electron chi connectivity index (χ2n) is 7.00. The number of ether oxygens (including phenoxy) is 1. The molecule has 2 aliphatic rings. The van der Waals surface area contributed by atoms with Gasteiger partial charge in [-0.25, -0.2) is 0 Å². The second kappa shape index (κ2) is 7.24. The molecule has 0 atom stereocenters. The summed E-state index contributed by atoms with van der Waals surface area (Å²) in [5, 5.41) is 3.02. The van der Waals surface area contributed by atoms with Crippen LogP contribution in [0.4, 0.5) is 0 Å². The molecule has 0 bridgehead atoms. The van der Waals surface area contributed by atoms with E-state index in [1.54, 1.807) is 0 Å². The number of piperidine rings is 1. The largest absolute Gasteiger partial charge is 0.484 e. The first-order valence-corrected chi connectivity index (χ1v) is 8.81. The van der Waals surface area contributed by atoms with Gasteiger partial charge in [-0.3, -0.25) is 9.59 Å². The highest BCUT2D eigenvalue weighted by molar-refractivity contribution is 5.81. The van der Waals surface area contributed by atoms with Crippen molar-refractivity contribution in [2.75, 3.05) is 19.7 Å². The lowest BCUT2D eigenvalue weighted by Gasteiger charge is -2.32. The highest BCUT2D eigenvalue weighted by Crippen LogP contribution is 2.31. The molecule has 1 saturated heterocycles. The van der Waals surface area contributed by atoms with Gasteiger partial charge in [0.05, 0.1) is 0 Å². The highest BCUT2D eigenvalue weighted by atomic mass is 16.5. The maximum atomic E-state index is 12.1. The van der Waals surface area contributed by atoms with Crippen molar-refractivity contribution in [2.45, 2.75) is 45.6 Å². The van der Waals surface area contributed by atoms with Crippen LogP contribution in [0.2, 0.25) is 0 Å². The van der Waals surface area contributed by atoms with Gasteiger partial charge < -0.3 is 15.0 Å². The van der Waals surface area contributed by atoms with E-state index in [2.05, 4.69) is 5.32 Å². The third-order valence-corrected chi connectivity index (χ3v) is 4.79. The Bertz CT molecular complexity index is 617. The summed E-state index contributed by atoms with van der Waals surface area (Å²) in [7, 11) is 0. The van der Waals surface area contributed by atoms with E-state index in [1.165, 1.54) is 5.56 Å². The van der Waals surface area contributed by atoms with Crippen LogP contribution in [0.1, 0.15) is 36.8 Å². The number of nitrogens with one attached hydrogen (secondary N) is 1. The van der Waals surface area contributed by atoms with Crippen molar-refractivity contribution in [1.82, 2.24) is 10.2 Å². The molecule has 0 radical (unpaired) electrons. The predicted molar refractivity (Wildman–Crippen MR) is 91.9 cm³/mol. The van der Waals surface area contributed by atoms with E-state index in [4.69, 9.17) is 4.74 Å². The number of likely N-dealkylation sites (tertiary alicyclic amines) is 1. The zero-order valence-corrected chi connectivity index (χ0v) is 14.5. The lowest BCUT2D eigenvalue weighted by atomic mass is 10.0. The van der Waals surface area contributed by atoms with Crippen LogP contribution in [-0.4, -0.2) is 42.5 Å². The molecule has 2 fully saturated rings. The van der Waals surface area contributed by atoms with Crippen molar-refractivity contribution in [2.24, 2.45) is 5.92 Å². The SMILES string of the molecule is Cc1ccc(OCC(=O)NC2CCN(C(=O)C3CC3)CC2)c(C)c1. The van der Waals surface area contributed by atoms with Gasteiger partial charge in [0.1, 0.15) is 5.75 Å². The summed E-state index contributed by atoms with van der Waals surface area (Å²) in [5.74, 6) is 1.24. The number of rotatable bonds is 5. The second-order valence-corrected chi connectivity index (χ2v) is 7.00. The highest BCUT2D eigenvalue weighted by Gasteiger charge is 2.35. The van der Waals surface area contributed by atoms with Gasteiger partial charge in [-0.2, -0.15) is 0 Å². The van der Waals surface area contributed by atoms with Crippen molar-refractivity contribution in [3.63, 3.8) is 0 Å². The molecule has 0 spiro atoms. The Hall–Kier alpha value is -2.04. The molecule has 1 aromatic carbocycles. The van der Waals surface area contributed by atoms with E-state index in [1.807, 2.05) is 36.9 Å². The lowest BCUT2D eigenvalue weighted by molar-refractivity contribution is -0.133. The molecular weight excluding hydrogens is 304 g/mol. The number of amides is 2. The summed E-state index contributed by atoms with van der Waals surface area (Å²) in [6, 6.07) is 6.07. The maximum absolute atomic E-state index is 12.1. The normalized spacial score (nSPS) is 18.3. The van der Waals surface area contributed by atoms with E-state index in [9.17, 15) is 9.59 Å². The van der Waals surface area contributed by atoms with E-state index < -0.39 is 0 Å². The summed E-state index contributed by atoms with van der Waals surface area (Å²) in [5.41, 5.74) is 2.21. The minimum Gasteiger partial charge on any atom is -0.484 e. The van der Waals surface area contributed by atoms with Gasteiger partial charge in [-0.1, -0.05) is 17.7 Å². The maximum Gasteiger partial charge on any atom is 0.258 e. The fraction of sp³-hybridized carbons (Fsp3) is 0.579. The first-order chi connectivity index (χ1) is 11.5. The lowest BCUT2D eigenvalue weighted by Crippen LogP contribution is -2.47. The fourth-order valence-corrected chi connectivity index (χ4v) is 3.21. The van der Waals surface area contributed by atoms with Crippen LogP contribution in [0, 0.1) is 19.8 Å². The van der Waals surface area contributed by atoms with Gasteiger partial charge in [0, 0.05) is 25.0 Å². The summed E-state index contributed by atoms with van der Waals surface area (Å²) in [6.45, 7) is 5.54. The van der Waals surface area contributed by atoms with Crippen LogP contribution in [0.25, 0.3) is 0 Å². The van der Waals surface area contributed by atoms with E-state index in [0.717, 1.165) is 50.1 Å². The average molecular weight is 330 g/mol. The van der Waals surface area contributed by atoms with Crippen LogP contribution >= 0.6 is 0 Å². The van der Waals surface area contributed by atoms with Crippen LogP contribution < -0.4 is 10.1 Å². The molecular formula is C19H26N2O3. The summed E-state index contributed by atoms with van der Waals surface area (Å²) < 4.78 is 5.62. The van der Waals surface area contributed by atoms with Gasteiger partial charge in [0.15, 0.2) is 6.61 Å². The topological polar surface area (TPSA) is 58.6 Å². The van der Waals surface area contributed by atoms with Crippen molar-refractivity contribution in [3.8, 4) is 5.75 Å². The molecule has 5 heteroatoms. The van der Waals surface area contributed by atoms with Crippen LogP contribution in [0.3, 0.4) is 0 Å². The van der Waals surface area contributed by atoms with Crippen LogP contribution in [0.15, 0.2) is 18.2 Å². The molecule has 130 valence electrons. The molecule has 1 aromatic rings. The van der Waals surface area contributed by atoms with Gasteiger partial charge in [-0.15, -0.1) is 0 Å². The number of nitrogens with zero attached hydrogens (tertiary/aromatic N) is 1. The molecule has 1 aliphatic heterocycles. The third kappa shape index (κ3) is 4.28. The van der Waals surface area contributed by atoms with Crippen LogP contribution in [-0.2, 0) is 9.59 Å². The van der Waals surface area contributed by atoms with Gasteiger partial charge in [0.25, 0.3) is 5.91 Å². The third-order valence-electron chi connectivity index (χ3n) is 4.79. The number of aryl methyl sites for hydroxylation is 2. The number of benzene rings is 1. The molecule has 1 N–H and O–H groups in total. The molecule has 1 saturated carbocycles. The Balaban J connectivity index is 1.40. The zero-order valence-electron chi connectivity index (χ0n) is 14.5. The molecule has 5 nitrogen and oxygen atoms in total. The monoisotopic (exact) mass is 330 g/mol. The summed E-state index contributed by atoms with van der Waals surface area (Å²) >= 11 is 0. The number of hydrogen-bond acceptors (Lipinski definition) is 3.